The van der Waals surface area contributed by atoms with Crippen LogP contribution in [0.5, 0.6) is 0 Å². The van der Waals surface area contributed by atoms with E-state index in [1.165, 1.54) is 0 Å². The second-order valence-corrected chi connectivity index (χ2v) is 6.34. The van der Waals surface area contributed by atoms with Gasteiger partial charge in [-0.2, -0.15) is 0 Å². The highest BCUT2D eigenvalue weighted by molar-refractivity contribution is 7.89. The van der Waals surface area contributed by atoms with E-state index in [4.69, 9.17) is 10.8 Å². The number of carboxylic acids is 1. The Kier molecular flexibility index (Phi) is 5.28. The number of carbonyl (C=O) groups is 2. The lowest BCUT2D eigenvalue weighted by Gasteiger charge is -2.11. The van der Waals surface area contributed by atoms with Crippen molar-refractivity contribution in [2.45, 2.75) is 24.8 Å². The molecule has 116 valence electrons. The molecule has 0 aromatic heterocycles. The molecule has 0 heterocycles. The van der Waals surface area contributed by atoms with E-state index in [-0.39, 0.29) is 22.2 Å². The van der Waals surface area contributed by atoms with Crippen molar-refractivity contribution in [1.82, 2.24) is 10.0 Å². The quantitative estimate of drug-likeness (QED) is 0.535. The molecular weight excluding hydrogens is 298 g/mol. The number of carboxylic acid groups (broad SMARTS) is 1. The monoisotopic (exact) mass is 315 g/mol. The summed E-state index contributed by atoms with van der Waals surface area (Å²) in [6.45, 7) is 3.06. The maximum atomic E-state index is 12.0. The number of amides is 1. The SMILES string of the molecule is CC(C)NC(=O)CNS(=O)(=O)c1ccc(C(=O)O)cc1N. The lowest BCUT2D eigenvalue weighted by molar-refractivity contribution is -0.120. The largest absolute Gasteiger partial charge is 0.478 e. The van der Waals surface area contributed by atoms with E-state index in [0.717, 1.165) is 18.2 Å². The Morgan fingerprint density at radius 1 is 1.33 bits per heavy atom. The zero-order valence-electron chi connectivity index (χ0n) is 11.6. The van der Waals surface area contributed by atoms with Gasteiger partial charge in [0.1, 0.15) is 4.90 Å². The number of aromatic carboxylic acids is 1. The Morgan fingerprint density at radius 2 is 1.95 bits per heavy atom. The van der Waals surface area contributed by atoms with Gasteiger partial charge in [0.15, 0.2) is 0 Å². The number of hydrogen-bond acceptors (Lipinski definition) is 5. The van der Waals surface area contributed by atoms with Crippen molar-refractivity contribution in [3.05, 3.63) is 23.8 Å². The van der Waals surface area contributed by atoms with Crippen LogP contribution in [0.2, 0.25) is 0 Å². The van der Waals surface area contributed by atoms with Crippen molar-refractivity contribution in [3.63, 3.8) is 0 Å². The van der Waals surface area contributed by atoms with Gasteiger partial charge in [0.05, 0.1) is 17.8 Å². The van der Waals surface area contributed by atoms with Gasteiger partial charge >= 0.3 is 5.97 Å². The van der Waals surface area contributed by atoms with E-state index in [1.54, 1.807) is 13.8 Å². The normalized spacial score (nSPS) is 11.4. The lowest BCUT2D eigenvalue weighted by Crippen LogP contribution is -2.39. The van der Waals surface area contributed by atoms with E-state index in [1.807, 2.05) is 0 Å². The minimum atomic E-state index is -3.99. The van der Waals surface area contributed by atoms with Gasteiger partial charge in [-0.3, -0.25) is 4.79 Å². The second-order valence-electron chi connectivity index (χ2n) is 4.60. The van der Waals surface area contributed by atoms with Gasteiger partial charge in [-0.25, -0.2) is 17.9 Å². The zero-order chi connectivity index (χ0) is 16.2. The minimum Gasteiger partial charge on any atom is -0.478 e. The topological polar surface area (TPSA) is 139 Å². The molecule has 1 rings (SSSR count). The van der Waals surface area contributed by atoms with Crippen LogP contribution < -0.4 is 15.8 Å². The molecule has 0 aliphatic rings. The van der Waals surface area contributed by atoms with Crippen molar-refractivity contribution in [2.75, 3.05) is 12.3 Å². The van der Waals surface area contributed by atoms with Gasteiger partial charge in [0.25, 0.3) is 0 Å². The van der Waals surface area contributed by atoms with Crippen molar-refractivity contribution >= 4 is 27.6 Å². The van der Waals surface area contributed by atoms with Gasteiger partial charge in [0.2, 0.25) is 15.9 Å². The van der Waals surface area contributed by atoms with E-state index in [9.17, 15) is 18.0 Å². The molecule has 1 amide bonds. The number of hydrogen-bond donors (Lipinski definition) is 4. The number of benzene rings is 1. The molecule has 0 atom stereocenters. The van der Waals surface area contributed by atoms with Crippen LogP contribution in [0.1, 0.15) is 24.2 Å². The van der Waals surface area contributed by atoms with Crippen molar-refractivity contribution in [1.29, 1.82) is 0 Å². The fraction of sp³-hybridized carbons (Fsp3) is 0.333. The third-order valence-electron chi connectivity index (χ3n) is 2.42. The van der Waals surface area contributed by atoms with Crippen molar-refractivity contribution in [2.24, 2.45) is 0 Å². The van der Waals surface area contributed by atoms with Crippen LogP contribution >= 0.6 is 0 Å². The number of rotatable bonds is 6. The Bertz CT molecular complexity index is 655. The van der Waals surface area contributed by atoms with E-state index < -0.39 is 28.4 Å². The number of nitrogen functional groups attached to an aromatic ring is 1. The molecule has 0 saturated heterocycles. The number of anilines is 1. The maximum absolute atomic E-state index is 12.0. The maximum Gasteiger partial charge on any atom is 0.335 e. The van der Waals surface area contributed by atoms with Gasteiger partial charge < -0.3 is 16.2 Å². The first-order chi connectivity index (χ1) is 9.63. The first kappa shape index (κ1) is 16.9. The summed E-state index contributed by atoms with van der Waals surface area (Å²) in [5, 5.41) is 11.3. The summed E-state index contributed by atoms with van der Waals surface area (Å²) >= 11 is 0. The number of carbonyl (C=O) groups excluding carboxylic acids is 1. The molecule has 0 saturated carbocycles. The second kappa shape index (κ2) is 6.55. The highest BCUT2D eigenvalue weighted by atomic mass is 32.2. The number of sulfonamides is 1. The first-order valence-corrected chi connectivity index (χ1v) is 7.53. The molecule has 0 radical (unpaired) electrons. The summed E-state index contributed by atoms with van der Waals surface area (Å²) < 4.78 is 26.1. The summed E-state index contributed by atoms with van der Waals surface area (Å²) in [6, 6.07) is 3.15. The predicted molar refractivity (Wildman–Crippen MR) is 76.3 cm³/mol. The molecule has 1 aromatic carbocycles. The van der Waals surface area contributed by atoms with Crippen molar-refractivity contribution in [3.8, 4) is 0 Å². The van der Waals surface area contributed by atoms with Crippen LogP contribution in [0.15, 0.2) is 23.1 Å². The van der Waals surface area contributed by atoms with Gasteiger partial charge in [-0.05, 0) is 32.0 Å². The molecule has 5 N–H and O–H groups in total. The molecule has 1 aromatic rings. The van der Waals surface area contributed by atoms with E-state index in [0.29, 0.717) is 0 Å². The molecule has 0 spiro atoms. The minimum absolute atomic E-state index is 0.109. The molecule has 0 unspecified atom stereocenters. The zero-order valence-corrected chi connectivity index (χ0v) is 12.4. The van der Waals surface area contributed by atoms with Crippen LogP contribution in [0.25, 0.3) is 0 Å². The van der Waals surface area contributed by atoms with E-state index >= 15 is 0 Å². The molecule has 21 heavy (non-hydrogen) atoms. The van der Waals surface area contributed by atoms with Gasteiger partial charge in [0, 0.05) is 6.04 Å². The van der Waals surface area contributed by atoms with Crippen LogP contribution in [0, 0.1) is 0 Å². The average molecular weight is 315 g/mol. The predicted octanol–water partition coefficient (Wildman–Crippen LogP) is -0.230. The fourth-order valence-corrected chi connectivity index (χ4v) is 2.63. The van der Waals surface area contributed by atoms with Crippen LogP contribution in [0.3, 0.4) is 0 Å². The smallest absolute Gasteiger partial charge is 0.335 e. The first-order valence-electron chi connectivity index (χ1n) is 6.05. The van der Waals surface area contributed by atoms with Crippen molar-refractivity contribution < 1.29 is 23.1 Å². The molecule has 0 fully saturated rings. The van der Waals surface area contributed by atoms with Crippen LogP contribution in [-0.4, -0.2) is 38.0 Å². The highest BCUT2D eigenvalue weighted by Crippen LogP contribution is 2.19. The Balaban J connectivity index is 2.88. The van der Waals surface area contributed by atoms with Crippen LogP contribution in [0.4, 0.5) is 5.69 Å². The molecule has 0 bridgehead atoms. The summed E-state index contributed by atoms with van der Waals surface area (Å²) in [7, 11) is -3.99. The molecule has 8 nitrogen and oxygen atoms in total. The summed E-state index contributed by atoms with van der Waals surface area (Å²) in [6.07, 6.45) is 0. The summed E-state index contributed by atoms with van der Waals surface area (Å²) in [5.74, 6) is -1.69. The average Bonchev–Trinajstić information content (AvgIpc) is 2.35. The Hall–Kier alpha value is -2.13. The Morgan fingerprint density at radius 3 is 2.43 bits per heavy atom. The van der Waals surface area contributed by atoms with Gasteiger partial charge in [-0.1, -0.05) is 0 Å². The van der Waals surface area contributed by atoms with E-state index in [2.05, 4.69) is 10.0 Å². The number of nitrogens with two attached hydrogens (primary N) is 1. The summed E-state index contributed by atoms with van der Waals surface area (Å²) in [5.41, 5.74) is 5.23. The third kappa shape index (κ3) is 4.72. The molecule has 0 aliphatic heterocycles. The molecule has 9 heteroatoms. The van der Waals surface area contributed by atoms with Gasteiger partial charge in [-0.15, -0.1) is 0 Å². The standard InChI is InChI=1S/C12H17N3O5S/c1-7(2)15-11(16)6-14-21(19,20)10-4-3-8(12(17)18)5-9(10)13/h3-5,7,14H,6,13H2,1-2H3,(H,15,16)(H,17,18). The third-order valence-corrected chi connectivity index (χ3v) is 3.89. The fourth-order valence-electron chi connectivity index (χ4n) is 1.54. The Labute approximate surface area is 122 Å². The highest BCUT2D eigenvalue weighted by Gasteiger charge is 2.19. The number of nitrogens with one attached hydrogen (secondary N) is 2. The lowest BCUT2D eigenvalue weighted by atomic mass is 10.2. The molecule has 0 aliphatic carbocycles. The van der Waals surface area contributed by atoms with Crippen LogP contribution in [-0.2, 0) is 14.8 Å². The molecular formula is C12H17N3O5S. The summed E-state index contributed by atoms with van der Waals surface area (Å²) in [4.78, 5) is 21.9.